The molecule has 0 aliphatic carbocycles. The number of nitrogens with zero attached hydrogens (tertiary/aromatic N) is 1. The molecule has 4 rings (SSSR count). The Morgan fingerprint density at radius 2 is 1.58 bits per heavy atom. The van der Waals surface area contributed by atoms with Gasteiger partial charge in [0.1, 0.15) is 12.7 Å². The molecule has 0 N–H and O–H groups in total. The molecular weight excluding hydrogens is 302 g/mol. The van der Waals surface area contributed by atoms with Crippen molar-refractivity contribution >= 4 is 0 Å². The number of hydrogen-bond donors (Lipinski definition) is 0. The van der Waals surface area contributed by atoms with Crippen LogP contribution in [0.2, 0.25) is 0 Å². The van der Waals surface area contributed by atoms with Crippen LogP contribution in [0, 0.1) is 0 Å². The van der Waals surface area contributed by atoms with Crippen molar-refractivity contribution in [3.8, 4) is 11.5 Å². The molecule has 2 heterocycles. The third-order valence-corrected chi connectivity index (χ3v) is 4.56. The Balaban J connectivity index is 1.34. The topological polar surface area (TPSA) is 30.9 Å². The molecule has 1 unspecified atom stereocenters. The number of hydrogen-bond acceptors (Lipinski definition) is 4. The lowest BCUT2D eigenvalue weighted by molar-refractivity contribution is 0.0342. The molecule has 1 saturated heterocycles. The summed E-state index contributed by atoms with van der Waals surface area (Å²) in [5, 5.41) is 0. The van der Waals surface area contributed by atoms with Gasteiger partial charge in [0.2, 0.25) is 0 Å². The Labute approximate surface area is 142 Å². The van der Waals surface area contributed by atoms with E-state index in [2.05, 4.69) is 29.2 Å². The molecule has 2 aliphatic heterocycles. The van der Waals surface area contributed by atoms with Gasteiger partial charge in [0.05, 0.1) is 13.2 Å². The number of ether oxygens (including phenoxy) is 3. The molecule has 4 heteroatoms. The first kappa shape index (κ1) is 15.5. The second-order valence-corrected chi connectivity index (χ2v) is 6.41. The summed E-state index contributed by atoms with van der Waals surface area (Å²) in [5.41, 5.74) is 2.64. The van der Waals surface area contributed by atoms with E-state index >= 15 is 0 Å². The summed E-state index contributed by atoms with van der Waals surface area (Å²) in [6.45, 7) is 5.34. The van der Waals surface area contributed by atoms with E-state index in [0.29, 0.717) is 6.61 Å². The normalized spacial score (nSPS) is 20.8. The van der Waals surface area contributed by atoms with E-state index < -0.39 is 0 Å². The summed E-state index contributed by atoms with van der Waals surface area (Å²) in [5.74, 6) is 1.69. The molecule has 1 fully saturated rings. The van der Waals surface area contributed by atoms with E-state index in [-0.39, 0.29) is 6.10 Å². The van der Waals surface area contributed by atoms with Crippen LogP contribution in [0.15, 0.2) is 48.5 Å². The monoisotopic (exact) mass is 325 g/mol. The molecule has 4 nitrogen and oxygen atoms in total. The molecule has 0 aromatic heterocycles. The number of morpholine rings is 1. The maximum Gasteiger partial charge on any atom is 0.161 e. The summed E-state index contributed by atoms with van der Waals surface area (Å²) in [6, 6.07) is 16.7. The Morgan fingerprint density at radius 1 is 0.875 bits per heavy atom. The van der Waals surface area contributed by atoms with E-state index in [1.807, 2.05) is 24.3 Å². The van der Waals surface area contributed by atoms with Crippen molar-refractivity contribution in [2.24, 2.45) is 0 Å². The smallest absolute Gasteiger partial charge is 0.161 e. The lowest BCUT2D eigenvalue weighted by atomic mass is 10.1. The zero-order valence-corrected chi connectivity index (χ0v) is 13.8. The quantitative estimate of drug-likeness (QED) is 0.865. The van der Waals surface area contributed by atoms with Gasteiger partial charge in [-0.25, -0.2) is 0 Å². The highest BCUT2D eigenvalue weighted by molar-refractivity contribution is 5.40. The molecule has 0 bridgehead atoms. The summed E-state index contributed by atoms with van der Waals surface area (Å²) in [6.07, 6.45) is 0.941. The van der Waals surface area contributed by atoms with Crippen molar-refractivity contribution in [2.75, 3.05) is 32.9 Å². The molecule has 24 heavy (non-hydrogen) atoms. The fourth-order valence-electron chi connectivity index (χ4n) is 3.22. The van der Waals surface area contributed by atoms with E-state index in [1.54, 1.807) is 0 Å². The average Bonchev–Trinajstić information content (AvgIpc) is 2.64. The second kappa shape index (κ2) is 7.24. The summed E-state index contributed by atoms with van der Waals surface area (Å²) in [4.78, 5) is 2.44. The number of benzene rings is 2. The van der Waals surface area contributed by atoms with E-state index in [1.165, 1.54) is 11.1 Å². The Bertz CT molecular complexity index is 665. The van der Waals surface area contributed by atoms with E-state index in [9.17, 15) is 0 Å². The Hall–Kier alpha value is -2.04. The van der Waals surface area contributed by atoms with Gasteiger partial charge in [-0.3, -0.25) is 4.90 Å². The first-order chi connectivity index (χ1) is 11.9. The molecule has 0 spiro atoms. The molecular formula is C20H23NO3. The van der Waals surface area contributed by atoms with Crippen LogP contribution in [0.1, 0.15) is 11.1 Å². The van der Waals surface area contributed by atoms with E-state index in [0.717, 1.165) is 50.8 Å². The molecule has 2 aromatic rings. The lowest BCUT2D eigenvalue weighted by Gasteiger charge is -2.27. The molecule has 0 saturated carbocycles. The highest BCUT2D eigenvalue weighted by atomic mass is 16.6. The van der Waals surface area contributed by atoms with Crippen LogP contribution in [-0.4, -0.2) is 43.9 Å². The average molecular weight is 325 g/mol. The largest absolute Gasteiger partial charge is 0.486 e. The Morgan fingerprint density at radius 3 is 2.38 bits per heavy atom. The van der Waals surface area contributed by atoms with Gasteiger partial charge in [0.25, 0.3) is 0 Å². The van der Waals surface area contributed by atoms with Crippen LogP contribution in [0.4, 0.5) is 0 Å². The third-order valence-electron chi connectivity index (χ3n) is 4.56. The van der Waals surface area contributed by atoms with Crippen LogP contribution in [0.5, 0.6) is 11.5 Å². The van der Waals surface area contributed by atoms with Crippen LogP contribution in [0.3, 0.4) is 0 Å². The molecule has 126 valence electrons. The molecule has 0 amide bonds. The van der Waals surface area contributed by atoms with Crippen molar-refractivity contribution in [3.63, 3.8) is 0 Å². The van der Waals surface area contributed by atoms with Crippen LogP contribution in [-0.2, 0) is 17.7 Å². The maximum absolute atomic E-state index is 6.04. The number of para-hydroxylation sites is 2. The lowest BCUT2D eigenvalue weighted by Crippen LogP contribution is -2.35. The third kappa shape index (κ3) is 3.71. The van der Waals surface area contributed by atoms with Gasteiger partial charge in [-0.05, 0) is 23.3 Å². The SMILES string of the molecule is c1ccc2c(c1)OCC(Cc1ccc(CN3CCOCC3)cc1)O2. The van der Waals surface area contributed by atoms with E-state index in [4.69, 9.17) is 14.2 Å². The maximum atomic E-state index is 6.04. The summed E-state index contributed by atoms with van der Waals surface area (Å²) >= 11 is 0. The molecule has 2 aromatic carbocycles. The van der Waals surface area contributed by atoms with Crippen LogP contribution < -0.4 is 9.47 Å². The zero-order valence-electron chi connectivity index (χ0n) is 13.8. The molecule has 1 atom stereocenters. The highest BCUT2D eigenvalue weighted by Gasteiger charge is 2.20. The van der Waals surface area contributed by atoms with Crippen LogP contribution in [0.25, 0.3) is 0 Å². The summed E-state index contributed by atoms with van der Waals surface area (Å²) in [7, 11) is 0. The van der Waals surface area contributed by atoms with Gasteiger partial charge in [-0.2, -0.15) is 0 Å². The van der Waals surface area contributed by atoms with Gasteiger partial charge in [-0.1, -0.05) is 36.4 Å². The number of rotatable bonds is 4. The molecule has 2 aliphatic rings. The first-order valence-electron chi connectivity index (χ1n) is 8.63. The number of fused-ring (bicyclic) bond motifs is 1. The van der Waals surface area contributed by atoms with Gasteiger partial charge in [0.15, 0.2) is 11.5 Å². The van der Waals surface area contributed by atoms with Crippen molar-refractivity contribution in [2.45, 2.75) is 19.1 Å². The Kier molecular flexibility index (Phi) is 4.67. The highest BCUT2D eigenvalue weighted by Crippen LogP contribution is 2.31. The minimum atomic E-state index is 0.0741. The van der Waals surface area contributed by atoms with Gasteiger partial charge in [-0.15, -0.1) is 0 Å². The summed E-state index contributed by atoms with van der Waals surface area (Å²) < 4.78 is 17.2. The fourth-order valence-corrected chi connectivity index (χ4v) is 3.22. The van der Waals surface area contributed by atoms with Gasteiger partial charge >= 0.3 is 0 Å². The van der Waals surface area contributed by atoms with Crippen molar-refractivity contribution in [3.05, 3.63) is 59.7 Å². The standard InChI is InChI=1S/C20H23NO3/c1-2-4-20-19(3-1)23-15-18(24-20)13-16-5-7-17(8-6-16)14-21-9-11-22-12-10-21/h1-8,18H,9-15H2. The van der Waals surface area contributed by atoms with Crippen molar-refractivity contribution in [1.82, 2.24) is 4.90 Å². The van der Waals surface area contributed by atoms with Crippen LogP contribution >= 0.6 is 0 Å². The first-order valence-corrected chi connectivity index (χ1v) is 8.63. The van der Waals surface area contributed by atoms with Gasteiger partial charge < -0.3 is 14.2 Å². The van der Waals surface area contributed by atoms with Gasteiger partial charge in [0, 0.05) is 26.1 Å². The molecule has 0 radical (unpaired) electrons. The second-order valence-electron chi connectivity index (χ2n) is 6.41. The minimum Gasteiger partial charge on any atom is -0.486 e. The predicted octanol–water partition coefficient (Wildman–Crippen LogP) is 2.90. The van der Waals surface area contributed by atoms with Crippen molar-refractivity contribution in [1.29, 1.82) is 0 Å². The predicted molar refractivity (Wildman–Crippen MR) is 92.6 cm³/mol. The fraction of sp³-hybridized carbons (Fsp3) is 0.400. The minimum absolute atomic E-state index is 0.0741. The van der Waals surface area contributed by atoms with Crippen molar-refractivity contribution < 1.29 is 14.2 Å². The zero-order chi connectivity index (χ0) is 16.2.